The topological polar surface area (TPSA) is 149 Å². The maximum atomic E-state index is 15.2. The van der Waals surface area contributed by atoms with Crippen LogP contribution in [0.2, 0.25) is 0 Å². The monoisotopic (exact) mass is 378 g/mol. The third-order valence-electron chi connectivity index (χ3n) is 3.78. The molecule has 0 heterocycles. The average molecular weight is 378 g/mol. The lowest BCUT2D eigenvalue weighted by atomic mass is 9.70. The Morgan fingerprint density at radius 1 is 0.692 bits per heavy atom. The molecule has 0 saturated carbocycles. The molecule has 2 rings (SSSR count). The zero-order chi connectivity index (χ0) is 20.2. The highest BCUT2D eigenvalue weighted by Crippen LogP contribution is 2.45. The molecule has 1 aromatic carbocycles. The van der Waals surface area contributed by atoms with Crippen LogP contribution >= 0.6 is 0 Å². The number of carbonyl (C=O) groups is 4. The van der Waals surface area contributed by atoms with E-state index in [4.69, 9.17) is 20.4 Å². The fourth-order valence-electron chi connectivity index (χ4n) is 2.71. The van der Waals surface area contributed by atoms with Gasteiger partial charge in [0.05, 0.1) is 11.1 Å². The number of fused-ring (bicyclic) bond motifs is 1. The van der Waals surface area contributed by atoms with E-state index in [0.29, 0.717) is 0 Å². The van der Waals surface area contributed by atoms with Crippen LogP contribution in [0, 0.1) is 11.6 Å². The summed E-state index contributed by atoms with van der Waals surface area (Å²) in [5.41, 5.74) is -14.1. The van der Waals surface area contributed by atoms with E-state index in [1.54, 1.807) is 0 Å². The Balaban J connectivity index is 3.40. The second-order valence-electron chi connectivity index (χ2n) is 5.10. The van der Waals surface area contributed by atoms with Gasteiger partial charge in [-0.05, 0) is 22.6 Å². The SMILES string of the molecule is O=C(O)C1=c2cc(F)c(F)cc2=C(C(=O)O)C(F)(C(=O)O)C1(F)C(=O)O. The van der Waals surface area contributed by atoms with Crippen LogP contribution in [0.5, 0.6) is 0 Å². The van der Waals surface area contributed by atoms with Crippen LogP contribution in [0.4, 0.5) is 17.6 Å². The maximum Gasteiger partial charge on any atom is 0.351 e. The lowest BCUT2D eigenvalue weighted by Crippen LogP contribution is -2.67. The molecule has 0 bridgehead atoms. The van der Waals surface area contributed by atoms with Crippen molar-refractivity contribution in [2.24, 2.45) is 0 Å². The second-order valence-corrected chi connectivity index (χ2v) is 5.10. The molecule has 0 aromatic heterocycles. The first-order valence-corrected chi connectivity index (χ1v) is 6.37. The zero-order valence-corrected chi connectivity index (χ0v) is 12.1. The smallest absolute Gasteiger partial charge is 0.351 e. The summed E-state index contributed by atoms with van der Waals surface area (Å²) in [7, 11) is 0. The molecule has 0 radical (unpaired) electrons. The molecule has 0 amide bonds. The normalized spacial score (nSPS) is 24.8. The van der Waals surface area contributed by atoms with E-state index in [1.807, 2.05) is 0 Å². The highest BCUT2D eigenvalue weighted by Gasteiger charge is 2.73. The van der Waals surface area contributed by atoms with Gasteiger partial charge in [-0.1, -0.05) is 0 Å². The van der Waals surface area contributed by atoms with E-state index in [9.17, 15) is 28.0 Å². The van der Waals surface area contributed by atoms with E-state index in [2.05, 4.69) is 0 Å². The number of benzene rings is 1. The van der Waals surface area contributed by atoms with Crippen molar-refractivity contribution in [3.63, 3.8) is 0 Å². The number of hydrogen-bond acceptors (Lipinski definition) is 4. The van der Waals surface area contributed by atoms with Crippen molar-refractivity contribution in [2.45, 2.75) is 11.3 Å². The number of carboxylic acid groups (broad SMARTS) is 4. The minimum absolute atomic E-state index is 0.0598. The average Bonchev–Trinajstić information content (AvgIpc) is 2.49. The summed E-state index contributed by atoms with van der Waals surface area (Å²) in [4.78, 5) is 45.3. The van der Waals surface area contributed by atoms with Gasteiger partial charge in [0.2, 0.25) is 0 Å². The first-order chi connectivity index (χ1) is 11.8. The van der Waals surface area contributed by atoms with Crippen LogP contribution in [-0.2, 0) is 19.2 Å². The van der Waals surface area contributed by atoms with Crippen LogP contribution in [0.25, 0.3) is 11.1 Å². The van der Waals surface area contributed by atoms with Crippen molar-refractivity contribution in [3.05, 3.63) is 34.2 Å². The lowest BCUT2D eigenvalue weighted by molar-refractivity contribution is -0.169. The molecule has 2 unspecified atom stereocenters. The first-order valence-electron chi connectivity index (χ1n) is 6.37. The molecule has 26 heavy (non-hydrogen) atoms. The molecule has 0 aliphatic heterocycles. The summed E-state index contributed by atoms with van der Waals surface area (Å²) in [6.07, 6.45) is 0. The zero-order valence-electron chi connectivity index (χ0n) is 12.1. The molecule has 0 saturated heterocycles. The van der Waals surface area contributed by atoms with Crippen LogP contribution < -0.4 is 10.4 Å². The molecule has 1 aliphatic rings. The van der Waals surface area contributed by atoms with E-state index >= 15 is 8.78 Å². The predicted molar refractivity (Wildman–Crippen MR) is 70.6 cm³/mol. The summed E-state index contributed by atoms with van der Waals surface area (Å²) in [6, 6.07) is -0.120. The minimum atomic E-state index is -4.96. The van der Waals surface area contributed by atoms with E-state index in [1.165, 1.54) is 0 Å². The first kappa shape index (κ1) is 18.9. The molecule has 8 nitrogen and oxygen atoms in total. The lowest BCUT2D eigenvalue weighted by Gasteiger charge is -2.36. The Bertz CT molecular complexity index is 936. The number of alkyl halides is 2. The molecule has 0 fully saturated rings. The van der Waals surface area contributed by atoms with Gasteiger partial charge >= 0.3 is 23.9 Å². The minimum Gasteiger partial charge on any atom is -0.478 e. The van der Waals surface area contributed by atoms with Gasteiger partial charge in [-0.25, -0.2) is 36.7 Å². The number of aliphatic carboxylic acids is 4. The highest BCUT2D eigenvalue weighted by atomic mass is 19.2. The van der Waals surface area contributed by atoms with Crippen LogP contribution in [0.1, 0.15) is 0 Å². The Labute approximate surface area is 138 Å². The van der Waals surface area contributed by atoms with Crippen molar-refractivity contribution < 1.29 is 57.2 Å². The molecule has 1 aromatic rings. The summed E-state index contributed by atoms with van der Waals surface area (Å²) < 4.78 is 57.2. The predicted octanol–water partition coefficient (Wildman–Crippen LogP) is -0.965. The molecular weight excluding hydrogens is 372 g/mol. The van der Waals surface area contributed by atoms with E-state index in [0.717, 1.165) is 0 Å². The summed E-state index contributed by atoms with van der Waals surface area (Å²) in [5.74, 6) is -14.7. The molecule has 1 aliphatic carbocycles. The maximum absolute atomic E-state index is 15.2. The number of rotatable bonds is 4. The van der Waals surface area contributed by atoms with Crippen molar-refractivity contribution >= 4 is 35.0 Å². The Morgan fingerprint density at radius 3 is 1.15 bits per heavy atom. The van der Waals surface area contributed by atoms with E-state index < -0.39 is 68.4 Å². The van der Waals surface area contributed by atoms with Crippen molar-refractivity contribution in [1.82, 2.24) is 0 Å². The fourth-order valence-corrected chi connectivity index (χ4v) is 2.71. The highest BCUT2D eigenvalue weighted by molar-refractivity contribution is 6.29. The second kappa shape index (κ2) is 5.54. The van der Waals surface area contributed by atoms with E-state index in [-0.39, 0.29) is 12.1 Å². The van der Waals surface area contributed by atoms with Crippen LogP contribution in [0.15, 0.2) is 12.1 Å². The van der Waals surface area contributed by atoms with Crippen LogP contribution in [-0.4, -0.2) is 55.6 Å². The summed E-state index contributed by atoms with van der Waals surface area (Å²) >= 11 is 0. The standard InChI is InChI=1S/C14H6F4O8/c15-5-1-3-4(2-6(5)16)8(10(21)22)14(18,12(25)26)13(17,11(23)24)7(3)9(19)20/h1-2H,(H,19,20)(H,21,22)(H,23,24)(H,25,26). The molecule has 0 spiro atoms. The van der Waals surface area contributed by atoms with Crippen LogP contribution in [0.3, 0.4) is 0 Å². The molecule has 138 valence electrons. The molecule has 4 N–H and O–H groups in total. The summed E-state index contributed by atoms with van der Waals surface area (Å²) in [6.45, 7) is 0. The number of carboxylic acids is 4. The van der Waals surface area contributed by atoms with Gasteiger partial charge < -0.3 is 20.4 Å². The summed E-state index contributed by atoms with van der Waals surface area (Å²) in [5, 5.41) is 33.6. The Kier molecular flexibility index (Phi) is 4.03. The van der Waals surface area contributed by atoms with Gasteiger partial charge in [0.1, 0.15) is 0 Å². The van der Waals surface area contributed by atoms with Gasteiger partial charge in [-0.15, -0.1) is 0 Å². The van der Waals surface area contributed by atoms with Crippen molar-refractivity contribution in [3.8, 4) is 0 Å². The van der Waals surface area contributed by atoms with Crippen molar-refractivity contribution in [2.75, 3.05) is 0 Å². The van der Waals surface area contributed by atoms with Gasteiger partial charge in [-0.3, -0.25) is 0 Å². The largest absolute Gasteiger partial charge is 0.478 e. The third-order valence-corrected chi connectivity index (χ3v) is 3.78. The van der Waals surface area contributed by atoms with Gasteiger partial charge in [0, 0.05) is 0 Å². The van der Waals surface area contributed by atoms with Crippen molar-refractivity contribution in [1.29, 1.82) is 0 Å². The van der Waals surface area contributed by atoms with Gasteiger partial charge in [0.15, 0.2) is 11.6 Å². The van der Waals surface area contributed by atoms with Gasteiger partial charge in [-0.2, -0.15) is 0 Å². The number of hydrogen-bond donors (Lipinski definition) is 4. The molecule has 2 atom stereocenters. The number of halogens is 4. The molecule has 12 heteroatoms. The quantitative estimate of drug-likeness (QED) is 0.489. The van der Waals surface area contributed by atoms with Gasteiger partial charge in [0.25, 0.3) is 11.3 Å². The molecular formula is C14H6F4O8. The fraction of sp³-hybridized carbons (Fsp3) is 0.143. The third kappa shape index (κ3) is 2.08. The Morgan fingerprint density at radius 2 is 0.962 bits per heavy atom. The Hall–Kier alpha value is -3.44.